The molecular formula is C11H10BrNO4. The summed E-state index contributed by atoms with van der Waals surface area (Å²) in [6.07, 6.45) is 5.05. The minimum atomic E-state index is -1.22. The second-order valence-electron chi connectivity index (χ2n) is 3.95. The standard InChI is InChI=1S/C11H10BrNO4/c1-11(2)16-9(14)7(10(15)17-11)8-6(12)4-3-5-13-8/h3-5,13H,1-2H3. The van der Waals surface area contributed by atoms with E-state index in [0.717, 1.165) is 0 Å². The average Bonchev–Trinajstić information content (AvgIpc) is 2.17. The maximum atomic E-state index is 11.8. The Morgan fingerprint density at radius 3 is 2.35 bits per heavy atom. The SMILES string of the molecule is CC1(C)OC(=O)C(=C2NC=CC=C2Br)C(=O)O1. The van der Waals surface area contributed by atoms with Crippen molar-refractivity contribution in [1.29, 1.82) is 0 Å². The summed E-state index contributed by atoms with van der Waals surface area (Å²) in [6, 6.07) is 0. The van der Waals surface area contributed by atoms with Gasteiger partial charge in [-0.1, -0.05) is 0 Å². The fourth-order valence-electron chi connectivity index (χ4n) is 1.46. The van der Waals surface area contributed by atoms with Crippen LogP contribution in [-0.4, -0.2) is 17.7 Å². The minimum absolute atomic E-state index is 0.142. The summed E-state index contributed by atoms with van der Waals surface area (Å²) >= 11 is 3.25. The van der Waals surface area contributed by atoms with E-state index in [1.54, 1.807) is 18.4 Å². The molecule has 0 aromatic heterocycles. The largest absolute Gasteiger partial charge is 0.419 e. The lowest BCUT2D eigenvalue weighted by molar-refractivity contribution is -0.222. The molecule has 1 fully saturated rings. The summed E-state index contributed by atoms with van der Waals surface area (Å²) in [6.45, 7) is 3.01. The Bertz CT molecular complexity index is 466. The Morgan fingerprint density at radius 2 is 1.82 bits per heavy atom. The van der Waals surface area contributed by atoms with Gasteiger partial charge in [-0.25, -0.2) is 9.59 Å². The van der Waals surface area contributed by atoms with Crippen LogP contribution in [0.15, 0.2) is 34.1 Å². The molecule has 1 N–H and O–H groups in total. The van der Waals surface area contributed by atoms with Crippen LogP contribution in [0.1, 0.15) is 13.8 Å². The average molecular weight is 300 g/mol. The summed E-state index contributed by atoms with van der Waals surface area (Å²) in [5.74, 6) is -2.62. The quantitative estimate of drug-likeness (QED) is 0.417. The fraction of sp³-hybridized carbons (Fsp3) is 0.273. The maximum Gasteiger partial charge on any atom is 0.351 e. The van der Waals surface area contributed by atoms with Crippen molar-refractivity contribution in [2.45, 2.75) is 19.6 Å². The first-order chi connectivity index (χ1) is 7.91. The fourth-order valence-corrected chi connectivity index (χ4v) is 1.93. The Balaban J connectivity index is 2.43. The molecule has 2 heterocycles. The van der Waals surface area contributed by atoms with Crippen molar-refractivity contribution < 1.29 is 19.1 Å². The molecule has 1 saturated heterocycles. The zero-order valence-electron chi connectivity index (χ0n) is 9.24. The van der Waals surface area contributed by atoms with Crippen LogP contribution in [0.5, 0.6) is 0 Å². The predicted octanol–water partition coefficient (Wildman–Crippen LogP) is 1.47. The third-order valence-electron chi connectivity index (χ3n) is 2.14. The van der Waals surface area contributed by atoms with Crippen LogP contribution in [-0.2, 0) is 19.1 Å². The number of allylic oxidation sites excluding steroid dienone is 3. The van der Waals surface area contributed by atoms with E-state index >= 15 is 0 Å². The van der Waals surface area contributed by atoms with Gasteiger partial charge >= 0.3 is 11.9 Å². The molecule has 0 radical (unpaired) electrons. The van der Waals surface area contributed by atoms with Crippen LogP contribution < -0.4 is 5.32 Å². The number of ether oxygens (including phenoxy) is 2. The van der Waals surface area contributed by atoms with Crippen LogP contribution in [0, 0.1) is 0 Å². The maximum absolute atomic E-state index is 11.8. The van der Waals surface area contributed by atoms with Gasteiger partial charge in [-0.05, 0) is 28.1 Å². The molecule has 0 spiro atoms. The monoisotopic (exact) mass is 299 g/mol. The van der Waals surface area contributed by atoms with Crippen molar-refractivity contribution >= 4 is 27.9 Å². The third-order valence-corrected chi connectivity index (χ3v) is 2.80. The van der Waals surface area contributed by atoms with Gasteiger partial charge in [-0.3, -0.25) is 0 Å². The lowest BCUT2D eigenvalue weighted by Gasteiger charge is -2.31. The van der Waals surface area contributed by atoms with Crippen molar-refractivity contribution in [3.8, 4) is 0 Å². The lowest BCUT2D eigenvalue weighted by Crippen LogP contribution is -2.43. The molecule has 5 nitrogen and oxygen atoms in total. The van der Waals surface area contributed by atoms with Gasteiger partial charge in [0.15, 0.2) is 5.57 Å². The number of esters is 2. The van der Waals surface area contributed by atoms with Gasteiger partial charge in [0.2, 0.25) is 0 Å². The molecule has 2 aliphatic heterocycles. The van der Waals surface area contributed by atoms with Gasteiger partial charge in [0.25, 0.3) is 5.79 Å². The van der Waals surface area contributed by atoms with E-state index < -0.39 is 17.7 Å². The predicted molar refractivity (Wildman–Crippen MR) is 62.6 cm³/mol. The van der Waals surface area contributed by atoms with E-state index in [9.17, 15) is 9.59 Å². The van der Waals surface area contributed by atoms with E-state index in [1.165, 1.54) is 13.8 Å². The summed E-state index contributed by atoms with van der Waals surface area (Å²) in [4.78, 5) is 23.5. The van der Waals surface area contributed by atoms with Crippen LogP contribution in [0.4, 0.5) is 0 Å². The van der Waals surface area contributed by atoms with Crippen molar-refractivity contribution in [2.24, 2.45) is 0 Å². The number of cyclic esters (lactones) is 2. The summed E-state index contributed by atoms with van der Waals surface area (Å²) in [7, 11) is 0. The number of carbonyl (C=O) groups is 2. The highest BCUT2D eigenvalue weighted by atomic mass is 79.9. The van der Waals surface area contributed by atoms with E-state index in [4.69, 9.17) is 9.47 Å². The molecular weight excluding hydrogens is 290 g/mol. The zero-order valence-corrected chi connectivity index (χ0v) is 10.8. The summed E-state index contributed by atoms with van der Waals surface area (Å²) in [5, 5.41) is 2.81. The van der Waals surface area contributed by atoms with Crippen LogP contribution >= 0.6 is 15.9 Å². The van der Waals surface area contributed by atoms with E-state index in [1.807, 2.05) is 0 Å². The van der Waals surface area contributed by atoms with Gasteiger partial charge in [-0.15, -0.1) is 0 Å². The Kier molecular flexibility index (Phi) is 2.82. The van der Waals surface area contributed by atoms with E-state index in [-0.39, 0.29) is 5.57 Å². The molecule has 0 amide bonds. The topological polar surface area (TPSA) is 64.6 Å². The van der Waals surface area contributed by atoms with Crippen LogP contribution in [0.3, 0.4) is 0 Å². The zero-order chi connectivity index (χ0) is 12.6. The highest BCUT2D eigenvalue weighted by Crippen LogP contribution is 2.28. The van der Waals surface area contributed by atoms with Gasteiger partial charge in [0.05, 0.1) is 5.70 Å². The first kappa shape index (κ1) is 11.9. The molecule has 0 unspecified atom stereocenters. The van der Waals surface area contributed by atoms with Crippen LogP contribution in [0.25, 0.3) is 0 Å². The normalized spacial score (nSPS) is 22.6. The molecule has 0 aromatic rings. The first-order valence-corrected chi connectivity index (χ1v) is 5.70. The minimum Gasteiger partial charge on any atom is -0.419 e. The molecule has 2 aliphatic rings. The van der Waals surface area contributed by atoms with Gasteiger partial charge in [-0.2, -0.15) is 0 Å². The molecule has 0 aromatic carbocycles. The number of halogens is 1. The van der Waals surface area contributed by atoms with Crippen molar-refractivity contribution in [3.05, 3.63) is 34.1 Å². The number of hydrogen-bond acceptors (Lipinski definition) is 5. The number of carbonyl (C=O) groups excluding carboxylic acids is 2. The number of rotatable bonds is 0. The smallest absolute Gasteiger partial charge is 0.351 e. The molecule has 0 saturated carbocycles. The summed E-state index contributed by atoms with van der Waals surface area (Å²) < 4.78 is 10.6. The van der Waals surface area contributed by atoms with Crippen molar-refractivity contribution in [1.82, 2.24) is 5.32 Å². The second-order valence-corrected chi connectivity index (χ2v) is 4.80. The first-order valence-electron chi connectivity index (χ1n) is 4.91. The number of hydrogen-bond donors (Lipinski definition) is 1. The Labute approximate surface area is 106 Å². The molecule has 0 atom stereocenters. The van der Waals surface area contributed by atoms with Crippen LogP contribution in [0.2, 0.25) is 0 Å². The third kappa shape index (κ3) is 2.26. The Morgan fingerprint density at radius 1 is 1.24 bits per heavy atom. The highest BCUT2D eigenvalue weighted by molar-refractivity contribution is 9.12. The molecule has 6 heteroatoms. The molecule has 0 bridgehead atoms. The molecule has 17 heavy (non-hydrogen) atoms. The van der Waals surface area contributed by atoms with Crippen molar-refractivity contribution in [3.63, 3.8) is 0 Å². The van der Waals surface area contributed by atoms with E-state index in [0.29, 0.717) is 10.2 Å². The second kappa shape index (κ2) is 4.03. The van der Waals surface area contributed by atoms with Gasteiger partial charge < -0.3 is 14.8 Å². The number of dihydropyridines is 1. The molecule has 90 valence electrons. The molecule has 0 aliphatic carbocycles. The molecule has 2 rings (SSSR count). The van der Waals surface area contributed by atoms with Gasteiger partial charge in [0.1, 0.15) is 0 Å². The van der Waals surface area contributed by atoms with Crippen molar-refractivity contribution in [2.75, 3.05) is 0 Å². The lowest BCUT2D eigenvalue weighted by atomic mass is 10.1. The van der Waals surface area contributed by atoms with E-state index in [2.05, 4.69) is 21.2 Å². The Hall–Kier alpha value is -1.56. The summed E-state index contributed by atoms with van der Waals surface area (Å²) in [5.41, 5.74) is 0.204. The van der Waals surface area contributed by atoms with Gasteiger partial charge in [0, 0.05) is 24.5 Å². The number of nitrogens with one attached hydrogen (secondary N) is 1. The highest BCUT2D eigenvalue weighted by Gasteiger charge is 2.41.